The smallest absolute Gasteiger partial charge is 0.232 e. The van der Waals surface area contributed by atoms with Gasteiger partial charge in [0.2, 0.25) is 11.8 Å². The molecular weight excluding hydrogens is 318 g/mol. The van der Waals surface area contributed by atoms with Crippen molar-refractivity contribution in [1.29, 1.82) is 5.26 Å². The van der Waals surface area contributed by atoms with Gasteiger partial charge in [0.15, 0.2) is 5.82 Å². The molecule has 0 bridgehead atoms. The predicted molar refractivity (Wildman–Crippen MR) is 90.5 cm³/mol. The van der Waals surface area contributed by atoms with Crippen molar-refractivity contribution in [1.82, 2.24) is 19.9 Å². The van der Waals surface area contributed by atoms with Gasteiger partial charge in [-0.3, -0.25) is 9.69 Å². The van der Waals surface area contributed by atoms with E-state index in [4.69, 9.17) is 9.78 Å². The molecule has 25 heavy (non-hydrogen) atoms. The number of aromatic nitrogens is 2. The first kappa shape index (κ1) is 17.1. The highest BCUT2D eigenvalue weighted by Crippen LogP contribution is 2.27. The molecule has 0 N–H and O–H groups in total. The molecule has 1 aliphatic rings. The normalized spacial score (nSPS) is 14.8. The maximum Gasteiger partial charge on any atom is 0.232 e. The summed E-state index contributed by atoms with van der Waals surface area (Å²) in [7, 11) is 1.76. The summed E-state index contributed by atoms with van der Waals surface area (Å²) in [6, 6.07) is 9.79. The fourth-order valence-corrected chi connectivity index (χ4v) is 2.76. The third-order valence-corrected chi connectivity index (χ3v) is 4.49. The van der Waals surface area contributed by atoms with Crippen molar-refractivity contribution in [2.24, 2.45) is 0 Å². The van der Waals surface area contributed by atoms with E-state index in [1.54, 1.807) is 18.9 Å². The molecule has 2 heterocycles. The number of benzene rings is 1. The van der Waals surface area contributed by atoms with E-state index >= 15 is 0 Å². The monoisotopic (exact) mass is 339 g/mol. The van der Waals surface area contributed by atoms with Crippen molar-refractivity contribution in [2.45, 2.75) is 25.8 Å². The lowest BCUT2D eigenvalue weighted by molar-refractivity contribution is -0.127. The molecule has 130 valence electrons. The van der Waals surface area contributed by atoms with Crippen LogP contribution in [0.5, 0.6) is 0 Å². The molecule has 0 aliphatic carbocycles. The molecule has 1 amide bonds. The molecule has 1 aromatic heterocycles. The summed E-state index contributed by atoms with van der Waals surface area (Å²) in [5, 5.41) is 12.8. The Morgan fingerprint density at radius 1 is 1.40 bits per heavy atom. The highest BCUT2D eigenvalue weighted by molar-refractivity contribution is 5.72. The number of carbonyl (C=O) groups excluding carboxylic acids is 1. The van der Waals surface area contributed by atoms with Gasteiger partial charge in [-0.25, -0.2) is 0 Å². The van der Waals surface area contributed by atoms with E-state index in [1.807, 2.05) is 24.3 Å². The van der Waals surface area contributed by atoms with Crippen LogP contribution in [0.1, 0.15) is 35.7 Å². The lowest BCUT2D eigenvalue weighted by atomic mass is 9.99. The van der Waals surface area contributed by atoms with Crippen LogP contribution in [0, 0.1) is 11.3 Å². The average Bonchev–Trinajstić information content (AvgIpc) is 3.04. The molecule has 1 fully saturated rings. The lowest BCUT2D eigenvalue weighted by Gasteiger charge is -2.37. The second-order valence-electron chi connectivity index (χ2n) is 6.44. The summed E-state index contributed by atoms with van der Waals surface area (Å²) >= 11 is 0. The van der Waals surface area contributed by atoms with E-state index in [0.29, 0.717) is 30.2 Å². The zero-order chi connectivity index (χ0) is 17.8. The molecule has 7 heteroatoms. The molecule has 0 atom stereocenters. The first-order valence-electron chi connectivity index (χ1n) is 8.30. The second kappa shape index (κ2) is 7.45. The number of nitriles is 1. The van der Waals surface area contributed by atoms with Crippen molar-refractivity contribution in [3.05, 3.63) is 47.1 Å². The van der Waals surface area contributed by atoms with Crippen molar-refractivity contribution in [3.8, 4) is 6.07 Å². The Morgan fingerprint density at radius 2 is 2.12 bits per heavy atom. The van der Waals surface area contributed by atoms with Gasteiger partial charge in [-0.1, -0.05) is 17.3 Å². The number of carbonyl (C=O) groups is 1. The molecule has 0 radical (unpaired) electrons. The predicted octanol–water partition coefficient (Wildman–Crippen LogP) is 1.56. The standard InChI is InChI=1S/C18H21N5O2/c1-13(24)22(2)8-7-17-20-18(25-21-17)16-11-23(12-16)10-15-5-3-14(9-19)4-6-15/h3-6,16H,7-8,10-12H2,1-2H3. The van der Waals surface area contributed by atoms with E-state index in [9.17, 15) is 4.79 Å². The van der Waals surface area contributed by atoms with Crippen LogP contribution >= 0.6 is 0 Å². The van der Waals surface area contributed by atoms with Crippen LogP contribution in [0.2, 0.25) is 0 Å². The molecule has 1 aliphatic heterocycles. The maximum atomic E-state index is 11.2. The number of amides is 1. The van der Waals surface area contributed by atoms with Gasteiger partial charge in [0.05, 0.1) is 17.6 Å². The van der Waals surface area contributed by atoms with Gasteiger partial charge in [0, 0.05) is 46.6 Å². The van der Waals surface area contributed by atoms with Gasteiger partial charge in [-0.05, 0) is 17.7 Å². The van der Waals surface area contributed by atoms with E-state index in [0.717, 1.165) is 19.6 Å². The van der Waals surface area contributed by atoms with Crippen LogP contribution in [0.25, 0.3) is 0 Å². The van der Waals surface area contributed by atoms with Gasteiger partial charge in [-0.15, -0.1) is 0 Å². The van der Waals surface area contributed by atoms with Gasteiger partial charge in [-0.2, -0.15) is 10.2 Å². The van der Waals surface area contributed by atoms with Gasteiger partial charge < -0.3 is 9.42 Å². The minimum atomic E-state index is 0.0288. The Kier molecular flexibility index (Phi) is 5.10. The van der Waals surface area contributed by atoms with Crippen LogP contribution in [0.4, 0.5) is 0 Å². The highest BCUT2D eigenvalue weighted by atomic mass is 16.5. The van der Waals surface area contributed by atoms with Crippen LogP contribution in [-0.2, 0) is 17.8 Å². The molecule has 3 rings (SSSR count). The Hall–Kier alpha value is -2.72. The van der Waals surface area contributed by atoms with Gasteiger partial charge in [0.1, 0.15) is 0 Å². The highest BCUT2D eigenvalue weighted by Gasteiger charge is 2.32. The quantitative estimate of drug-likeness (QED) is 0.794. The zero-order valence-corrected chi connectivity index (χ0v) is 14.5. The minimum absolute atomic E-state index is 0.0288. The number of likely N-dealkylation sites (tertiary alicyclic amines) is 1. The number of likely N-dealkylation sites (N-methyl/N-ethyl adjacent to an activating group) is 1. The fourth-order valence-electron chi connectivity index (χ4n) is 2.76. The zero-order valence-electron chi connectivity index (χ0n) is 14.5. The van der Waals surface area contributed by atoms with Crippen LogP contribution < -0.4 is 0 Å². The van der Waals surface area contributed by atoms with Crippen LogP contribution in [0.15, 0.2) is 28.8 Å². The van der Waals surface area contributed by atoms with E-state index in [1.165, 1.54) is 5.56 Å². The summed E-state index contributed by atoms with van der Waals surface area (Å²) in [5.74, 6) is 1.62. The van der Waals surface area contributed by atoms with E-state index in [-0.39, 0.29) is 11.8 Å². The molecular formula is C18H21N5O2. The molecule has 0 spiro atoms. The molecule has 0 unspecified atom stereocenters. The maximum absolute atomic E-state index is 11.2. The molecule has 1 saturated heterocycles. The fraction of sp³-hybridized carbons (Fsp3) is 0.444. The summed E-state index contributed by atoms with van der Waals surface area (Å²) in [6.07, 6.45) is 0.598. The SMILES string of the molecule is CC(=O)N(C)CCc1noc(C2CN(Cc3ccc(C#N)cc3)C2)n1. The van der Waals surface area contributed by atoms with Gasteiger partial charge >= 0.3 is 0 Å². The molecule has 0 saturated carbocycles. The minimum Gasteiger partial charge on any atom is -0.346 e. The topological polar surface area (TPSA) is 86.3 Å². The first-order chi connectivity index (χ1) is 12.0. The summed E-state index contributed by atoms with van der Waals surface area (Å²) < 4.78 is 5.36. The number of nitrogens with zero attached hydrogens (tertiary/aromatic N) is 5. The van der Waals surface area contributed by atoms with Crippen molar-refractivity contribution in [2.75, 3.05) is 26.7 Å². The Balaban J connectivity index is 1.46. The van der Waals surface area contributed by atoms with Crippen LogP contribution in [-0.4, -0.2) is 52.5 Å². The summed E-state index contributed by atoms with van der Waals surface area (Å²) in [4.78, 5) is 19.6. The number of rotatable bonds is 6. The molecule has 2 aromatic rings. The number of hydrogen-bond acceptors (Lipinski definition) is 6. The lowest BCUT2D eigenvalue weighted by Crippen LogP contribution is -2.44. The van der Waals surface area contributed by atoms with E-state index < -0.39 is 0 Å². The molecule has 1 aromatic carbocycles. The average molecular weight is 339 g/mol. The number of hydrogen-bond donors (Lipinski definition) is 0. The first-order valence-corrected chi connectivity index (χ1v) is 8.30. The second-order valence-corrected chi connectivity index (χ2v) is 6.44. The van der Waals surface area contributed by atoms with E-state index in [2.05, 4.69) is 21.1 Å². The molecule has 7 nitrogen and oxygen atoms in total. The Labute approximate surface area is 146 Å². The van der Waals surface area contributed by atoms with Crippen molar-refractivity contribution >= 4 is 5.91 Å². The van der Waals surface area contributed by atoms with Crippen molar-refractivity contribution in [3.63, 3.8) is 0 Å². The third kappa shape index (κ3) is 4.22. The Morgan fingerprint density at radius 3 is 2.76 bits per heavy atom. The van der Waals surface area contributed by atoms with Crippen LogP contribution in [0.3, 0.4) is 0 Å². The largest absolute Gasteiger partial charge is 0.346 e. The third-order valence-electron chi connectivity index (χ3n) is 4.49. The summed E-state index contributed by atoms with van der Waals surface area (Å²) in [5.41, 5.74) is 1.87. The summed E-state index contributed by atoms with van der Waals surface area (Å²) in [6.45, 7) is 4.75. The van der Waals surface area contributed by atoms with Gasteiger partial charge in [0.25, 0.3) is 0 Å². The Bertz CT molecular complexity index is 772. The van der Waals surface area contributed by atoms with Crippen molar-refractivity contribution < 1.29 is 9.32 Å².